The number of rotatable bonds is 4. The van der Waals surface area contributed by atoms with Crippen LogP contribution in [0.3, 0.4) is 0 Å². The van der Waals surface area contributed by atoms with Gasteiger partial charge in [-0.1, -0.05) is 26.0 Å². The van der Waals surface area contributed by atoms with Crippen molar-refractivity contribution in [1.29, 1.82) is 0 Å². The van der Waals surface area contributed by atoms with E-state index in [0.29, 0.717) is 5.92 Å². The van der Waals surface area contributed by atoms with E-state index in [4.69, 9.17) is 0 Å². The van der Waals surface area contributed by atoms with E-state index in [-0.39, 0.29) is 11.8 Å². The van der Waals surface area contributed by atoms with Crippen LogP contribution >= 0.6 is 11.3 Å². The van der Waals surface area contributed by atoms with Gasteiger partial charge in [-0.15, -0.1) is 11.3 Å². The van der Waals surface area contributed by atoms with Crippen molar-refractivity contribution in [3.8, 4) is 0 Å². The molecule has 1 aliphatic rings. The third kappa shape index (κ3) is 3.99. The van der Waals surface area contributed by atoms with E-state index in [2.05, 4.69) is 60.0 Å². The smallest absolute Gasteiger partial charge is 0.227 e. The standard InChI is InChI=1S/C23H28N4OS/c1-14(2)18-6-5-7-19(12-18)26-22(28)17-8-10-27(11-9-17)21-20-15(3)16(4)29-23(20)25-13-24-21/h5-7,12-14,17H,8-11H2,1-4H3,(H,26,28). The zero-order chi connectivity index (χ0) is 20.5. The fourth-order valence-corrected chi connectivity index (χ4v) is 4.97. The van der Waals surface area contributed by atoms with Crippen molar-refractivity contribution >= 4 is 39.0 Å². The van der Waals surface area contributed by atoms with Crippen LogP contribution in [0.25, 0.3) is 10.2 Å². The molecular weight excluding hydrogens is 380 g/mol. The molecule has 3 heterocycles. The van der Waals surface area contributed by atoms with Gasteiger partial charge in [-0.2, -0.15) is 0 Å². The maximum atomic E-state index is 12.8. The van der Waals surface area contributed by atoms with Crippen LogP contribution < -0.4 is 10.2 Å². The second-order valence-electron chi connectivity index (χ2n) is 8.19. The molecule has 1 amide bonds. The third-order valence-corrected chi connectivity index (χ3v) is 7.05. The molecule has 6 heteroatoms. The third-order valence-electron chi connectivity index (χ3n) is 5.93. The Balaban J connectivity index is 1.43. The highest BCUT2D eigenvalue weighted by Crippen LogP contribution is 2.35. The monoisotopic (exact) mass is 408 g/mol. The Kier molecular flexibility index (Phi) is 5.54. The average Bonchev–Trinajstić information content (AvgIpc) is 3.02. The molecule has 3 aromatic rings. The normalized spacial score (nSPS) is 15.3. The van der Waals surface area contributed by atoms with E-state index >= 15 is 0 Å². The number of hydrogen-bond acceptors (Lipinski definition) is 5. The van der Waals surface area contributed by atoms with Gasteiger partial charge in [0, 0.05) is 29.6 Å². The summed E-state index contributed by atoms with van der Waals surface area (Å²) in [5.41, 5.74) is 3.41. The van der Waals surface area contributed by atoms with Crippen molar-refractivity contribution in [1.82, 2.24) is 9.97 Å². The van der Waals surface area contributed by atoms with E-state index in [0.717, 1.165) is 42.3 Å². The molecule has 0 bridgehead atoms. The maximum Gasteiger partial charge on any atom is 0.227 e. The Morgan fingerprint density at radius 3 is 2.69 bits per heavy atom. The van der Waals surface area contributed by atoms with Crippen molar-refractivity contribution < 1.29 is 4.79 Å². The summed E-state index contributed by atoms with van der Waals surface area (Å²) in [4.78, 5) is 26.5. The predicted molar refractivity (Wildman–Crippen MR) is 121 cm³/mol. The Morgan fingerprint density at radius 1 is 1.21 bits per heavy atom. The molecule has 2 aromatic heterocycles. The van der Waals surface area contributed by atoms with E-state index in [9.17, 15) is 4.79 Å². The van der Waals surface area contributed by atoms with Gasteiger partial charge in [-0.3, -0.25) is 4.79 Å². The Hall–Kier alpha value is -2.47. The number of thiophene rings is 1. The molecule has 152 valence electrons. The summed E-state index contributed by atoms with van der Waals surface area (Å²) in [5, 5.41) is 4.29. The lowest BCUT2D eigenvalue weighted by molar-refractivity contribution is -0.120. The number of aromatic nitrogens is 2. The number of benzene rings is 1. The van der Waals surface area contributed by atoms with Gasteiger partial charge in [-0.05, 0) is 55.9 Å². The molecule has 0 saturated carbocycles. The summed E-state index contributed by atoms with van der Waals surface area (Å²) in [5.74, 6) is 1.63. The SMILES string of the molecule is Cc1sc2ncnc(N3CCC(C(=O)Nc4cccc(C(C)C)c4)CC3)c2c1C. The molecule has 5 nitrogen and oxygen atoms in total. The number of carbonyl (C=O) groups excluding carboxylic acids is 1. The minimum Gasteiger partial charge on any atom is -0.356 e. The molecule has 29 heavy (non-hydrogen) atoms. The van der Waals surface area contributed by atoms with E-state index < -0.39 is 0 Å². The second-order valence-corrected chi connectivity index (χ2v) is 9.39. The topological polar surface area (TPSA) is 58.1 Å². The number of nitrogens with zero attached hydrogens (tertiary/aromatic N) is 3. The van der Waals surface area contributed by atoms with Crippen LogP contribution in [0.2, 0.25) is 0 Å². The minimum absolute atomic E-state index is 0.0385. The maximum absolute atomic E-state index is 12.8. The highest BCUT2D eigenvalue weighted by molar-refractivity contribution is 7.18. The first-order chi connectivity index (χ1) is 13.9. The molecule has 4 rings (SSSR count). The summed E-state index contributed by atoms with van der Waals surface area (Å²) in [6.45, 7) is 10.3. The highest BCUT2D eigenvalue weighted by atomic mass is 32.1. The van der Waals surface area contributed by atoms with Gasteiger partial charge in [0.25, 0.3) is 0 Å². The van der Waals surface area contributed by atoms with Gasteiger partial charge in [0.15, 0.2) is 0 Å². The molecule has 0 radical (unpaired) electrons. The summed E-state index contributed by atoms with van der Waals surface area (Å²) in [6.07, 6.45) is 3.33. The van der Waals surface area contributed by atoms with Crippen molar-refractivity contribution in [2.24, 2.45) is 5.92 Å². The molecule has 1 aliphatic heterocycles. The van der Waals surface area contributed by atoms with Gasteiger partial charge < -0.3 is 10.2 Å². The van der Waals surface area contributed by atoms with Crippen LogP contribution in [0.4, 0.5) is 11.5 Å². The zero-order valence-electron chi connectivity index (χ0n) is 17.5. The number of anilines is 2. The van der Waals surface area contributed by atoms with Crippen molar-refractivity contribution in [2.75, 3.05) is 23.3 Å². The van der Waals surface area contributed by atoms with Gasteiger partial charge >= 0.3 is 0 Å². The summed E-state index contributed by atoms with van der Waals surface area (Å²) in [7, 11) is 0. The van der Waals surface area contributed by atoms with Gasteiger partial charge in [0.1, 0.15) is 17.0 Å². The summed E-state index contributed by atoms with van der Waals surface area (Å²) in [6, 6.07) is 8.17. The van der Waals surface area contributed by atoms with Crippen LogP contribution in [-0.4, -0.2) is 29.0 Å². The summed E-state index contributed by atoms with van der Waals surface area (Å²) < 4.78 is 0. The molecule has 1 N–H and O–H groups in total. The van der Waals surface area contributed by atoms with Gasteiger partial charge in [0.05, 0.1) is 5.39 Å². The van der Waals surface area contributed by atoms with Crippen LogP contribution in [0, 0.1) is 19.8 Å². The number of fused-ring (bicyclic) bond motifs is 1. The Bertz CT molecular complexity index is 1030. The van der Waals surface area contributed by atoms with Crippen LogP contribution in [-0.2, 0) is 4.79 Å². The first-order valence-electron chi connectivity index (χ1n) is 10.3. The fraction of sp³-hybridized carbons (Fsp3) is 0.435. The number of nitrogens with one attached hydrogen (secondary N) is 1. The predicted octanol–water partition coefficient (Wildman–Crippen LogP) is 5.29. The molecule has 0 aliphatic carbocycles. The van der Waals surface area contributed by atoms with Crippen molar-refractivity contribution in [3.63, 3.8) is 0 Å². The molecule has 0 spiro atoms. The zero-order valence-corrected chi connectivity index (χ0v) is 18.3. The number of aryl methyl sites for hydroxylation is 2. The first kappa shape index (κ1) is 19.8. The molecule has 0 atom stereocenters. The summed E-state index contributed by atoms with van der Waals surface area (Å²) >= 11 is 1.72. The molecule has 0 unspecified atom stereocenters. The van der Waals surface area contributed by atoms with Gasteiger partial charge in [0.2, 0.25) is 5.91 Å². The number of amides is 1. The second kappa shape index (κ2) is 8.11. The van der Waals surface area contributed by atoms with Crippen molar-refractivity contribution in [3.05, 3.63) is 46.6 Å². The van der Waals surface area contributed by atoms with Gasteiger partial charge in [-0.25, -0.2) is 9.97 Å². The van der Waals surface area contributed by atoms with Crippen LogP contribution in [0.5, 0.6) is 0 Å². The number of piperidine rings is 1. The molecule has 1 fully saturated rings. The van der Waals surface area contributed by atoms with E-state index in [1.54, 1.807) is 17.7 Å². The lowest BCUT2D eigenvalue weighted by Crippen LogP contribution is -2.38. The minimum atomic E-state index is 0.0385. The molecule has 1 saturated heterocycles. The Morgan fingerprint density at radius 2 is 1.97 bits per heavy atom. The van der Waals surface area contributed by atoms with E-state index in [1.807, 2.05) is 12.1 Å². The lowest BCUT2D eigenvalue weighted by Gasteiger charge is -2.32. The Labute approximate surface area is 176 Å². The quantitative estimate of drug-likeness (QED) is 0.637. The first-order valence-corrected chi connectivity index (χ1v) is 11.1. The highest BCUT2D eigenvalue weighted by Gasteiger charge is 2.27. The average molecular weight is 409 g/mol. The number of carbonyl (C=O) groups is 1. The van der Waals surface area contributed by atoms with Crippen molar-refractivity contribution in [2.45, 2.75) is 46.5 Å². The largest absolute Gasteiger partial charge is 0.356 e. The molecule has 1 aromatic carbocycles. The fourth-order valence-electron chi connectivity index (χ4n) is 3.98. The lowest BCUT2D eigenvalue weighted by atomic mass is 9.95. The van der Waals surface area contributed by atoms with Crippen LogP contribution in [0.1, 0.15) is 48.6 Å². The van der Waals surface area contributed by atoms with E-state index in [1.165, 1.54) is 21.4 Å². The van der Waals surface area contributed by atoms with Crippen LogP contribution in [0.15, 0.2) is 30.6 Å². The molecular formula is C23H28N4OS. The number of hydrogen-bond donors (Lipinski definition) is 1.